The molecule has 0 saturated heterocycles. The van der Waals surface area contributed by atoms with Gasteiger partial charge in [-0.15, -0.1) is 0 Å². The second-order valence-electron chi connectivity index (χ2n) is 3.87. The largest absolute Gasteiger partial charge is 0.464 e. The number of hydrogen-bond acceptors (Lipinski definition) is 5. The predicted octanol–water partition coefficient (Wildman–Crippen LogP) is 1.60. The van der Waals surface area contributed by atoms with Crippen molar-refractivity contribution in [2.45, 2.75) is 12.5 Å². The third kappa shape index (κ3) is 2.75. The van der Waals surface area contributed by atoms with E-state index in [4.69, 9.17) is 14.9 Å². The first-order chi connectivity index (χ1) is 8.35. The van der Waals surface area contributed by atoms with E-state index in [1.54, 1.807) is 19.6 Å². The van der Waals surface area contributed by atoms with E-state index in [0.29, 0.717) is 13.2 Å². The van der Waals surface area contributed by atoms with Crippen LogP contribution in [-0.2, 0) is 4.74 Å². The van der Waals surface area contributed by atoms with Crippen molar-refractivity contribution in [3.63, 3.8) is 0 Å². The molecule has 92 valence electrons. The smallest absolute Gasteiger partial charge is 0.139 e. The molecule has 3 N–H and O–H groups in total. The van der Waals surface area contributed by atoms with Crippen LogP contribution in [0.3, 0.4) is 0 Å². The average Bonchev–Trinajstić information content (AvgIpc) is 2.79. The lowest BCUT2D eigenvalue weighted by Gasteiger charge is -2.17. The number of ether oxygens (including phenoxy) is 1. The third-order valence-corrected chi connectivity index (χ3v) is 2.60. The minimum absolute atomic E-state index is 0.165. The average molecular weight is 235 g/mol. The van der Waals surface area contributed by atoms with Crippen LogP contribution in [0.1, 0.15) is 6.42 Å². The van der Waals surface area contributed by atoms with E-state index >= 15 is 0 Å². The number of methoxy groups -OCH3 is 1. The molecule has 17 heavy (non-hydrogen) atoms. The fourth-order valence-electron chi connectivity index (χ4n) is 1.80. The summed E-state index contributed by atoms with van der Waals surface area (Å²) in [4.78, 5) is 4.32. The second kappa shape index (κ2) is 5.65. The van der Waals surface area contributed by atoms with Gasteiger partial charge in [0.2, 0.25) is 0 Å². The van der Waals surface area contributed by atoms with Crippen molar-refractivity contribution >= 4 is 16.8 Å². The molecule has 1 atom stereocenters. The molecular weight excluding hydrogens is 218 g/mol. The van der Waals surface area contributed by atoms with E-state index < -0.39 is 0 Å². The number of rotatable bonds is 6. The van der Waals surface area contributed by atoms with E-state index in [1.807, 2.05) is 12.1 Å². The molecule has 2 aromatic heterocycles. The molecule has 0 spiro atoms. The number of fused-ring (bicyclic) bond motifs is 1. The molecule has 0 aliphatic carbocycles. The molecule has 0 aromatic carbocycles. The minimum Gasteiger partial charge on any atom is -0.464 e. The molecule has 0 aliphatic heterocycles. The van der Waals surface area contributed by atoms with Crippen LogP contribution in [0.5, 0.6) is 0 Å². The maximum absolute atomic E-state index is 5.57. The van der Waals surface area contributed by atoms with E-state index in [0.717, 1.165) is 23.2 Å². The summed E-state index contributed by atoms with van der Waals surface area (Å²) in [5, 5.41) is 4.31. The quantitative estimate of drug-likeness (QED) is 0.795. The van der Waals surface area contributed by atoms with Gasteiger partial charge in [-0.3, -0.25) is 0 Å². The second-order valence-corrected chi connectivity index (χ2v) is 3.87. The lowest BCUT2D eigenvalue weighted by molar-refractivity contribution is 0.183. The summed E-state index contributed by atoms with van der Waals surface area (Å²) in [6.07, 6.45) is 4.22. The summed E-state index contributed by atoms with van der Waals surface area (Å²) in [6.45, 7) is 1.22. The van der Waals surface area contributed by atoms with E-state index in [2.05, 4.69) is 10.3 Å². The van der Waals surface area contributed by atoms with Gasteiger partial charge in [-0.2, -0.15) is 0 Å². The Labute approximate surface area is 100.0 Å². The zero-order valence-corrected chi connectivity index (χ0v) is 9.85. The van der Waals surface area contributed by atoms with Crippen LogP contribution in [0, 0.1) is 0 Å². The Balaban J connectivity index is 2.18. The Bertz CT molecular complexity index is 463. The van der Waals surface area contributed by atoms with Crippen molar-refractivity contribution in [3.05, 3.63) is 24.6 Å². The van der Waals surface area contributed by atoms with E-state index in [1.165, 1.54) is 0 Å². The molecular formula is C12H17N3O2. The van der Waals surface area contributed by atoms with Crippen LogP contribution in [0.25, 0.3) is 11.0 Å². The fraction of sp³-hybridized carbons (Fsp3) is 0.417. The molecule has 5 heteroatoms. The maximum Gasteiger partial charge on any atom is 0.139 e. The van der Waals surface area contributed by atoms with Gasteiger partial charge in [-0.1, -0.05) is 0 Å². The summed E-state index contributed by atoms with van der Waals surface area (Å²) in [6, 6.07) is 3.91. The summed E-state index contributed by atoms with van der Waals surface area (Å²) < 4.78 is 10.5. The van der Waals surface area contributed by atoms with Gasteiger partial charge < -0.3 is 20.2 Å². The molecule has 0 bridgehead atoms. The highest BCUT2D eigenvalue weighted by Crippen LogP contribution is 2.22. The highest BCUT2D eigenvalue weighted by Gasteiger charge is 2.11. The Hall–Kier alpha value is -1.59. The number of nitrogens with two attached hydrogens (primary N) is 1. The molecule has 2 heterocycles. The van der Waals surface area contributed by atoms with Crippen LogP contribution in [0.2, 0.25) is 0 Å². The van der Waals surface area contributed by atoms with Gasteiger partial charge in [-0.05, 0) is 25.1 Å². The lowest BCUT2D eigenvalue weighted by atomic mass is 10.2. The molecule has 0 radical (unpaired) electrons. The van der Waals surface area contributed by atoms with E-state index in [-0.39, 0.29) is 6.04 Å². The van der Waals surface area contributed by atoms with Gasteiger partial charge in [0.25, 0.3) is 0 Å². The van der Waals surface area contributed by atoms with E-state index in [9.17, 15) is 0 Å². The number of anilines is 1. The molecule has 0 amide bonds. The Morgan fingerprint density at radius 1 is 1.53 bits per heavy atom. The van der Waals surface area contributed by atoms with Gasteiger partial charge in [0.15, 0.2) is 0 Å². The molecule has 5 nitrogen and oxygen atoms in total. The highest BCUT2D eigenvalue weighted by atomic mass is 16.5. The number of aromatic nitrogens is 1. The zero-order valence-electron chi connectivity index (χ0n) is 9.85. The summed E-state index contributed by atoms with van der Waals surface area (Å²) in [5.74, 6) is 0.812. The van der Waals surface area contributed by atoms with Crippen LogP contribution >= 0.6 is 0 Å². The van der Waals surface area contributed by atoms with Gasteiger partial charge >= 0.3 is 0 Å². The number of nitrogens with one attached hydrogen (secondary N) is 1. The predicted molar refractivity (Wildman–Crippen MR) is 67.0 cm³/mol. The van der Waals surface area contributed by atoms with Crippen LogP contribution in [0.15, 0.2) is 29.0 Å². The Morgan fingerprint density at radius 3 is 3.18 bits per heavy atom. The number of furan rings is 1. The number of nitrogens with zero attached hydrogens (tertiary/aromatic N) is 1. The topological polar surface area (TPSA) is 73.3 Å². The monoisotopic (exact) mass is 235 g/mol. The first-order valence-corrected chi connectivity index (χ1v) is 5.63. The molecule has 2 aromatic rings. The van der Waals surface area contributed by atoms with Crippen LogP contribution in [0.4, 0.5) is 5.82 Å². The van der Waals surface area contributed by atoms with Gasteiger partial charge in [0.1, 0.15) is 11.4 Å². The van der Waals surface area contributed by atoms with Crippen molar-refractivity contribution in [3.8, 4) is 0 Å². The van der Waals surface area contributed by atoms with Gasteiger partial charge in [0.05, 0.1) is 24.3 Å². The van der Waals surface area contributed by atoms with Gasteiger partial charge in [-0.25, -0.2) is 4.98 Å². The van der Waals surface area contributed by atoms with Crippen molar-refractivity contribution in [2.24, 2.45) is 5.73 Å². The Kier molecular flexibility index (Phi) is 3.95. The molecule has 0 saturated carbocycles. The first kappa shape index (κ1) is 11.9. The van der Waals surface area contributed by atoms with Crippen LogP contribution < -0.4 is 11.1 Å². The zero-order chi connectivity index (χ0) is 12.1. The molecule has 2 rings (SSSR count). The fourth-order valence-corrected chi connectivity index (χ4v) is 1.80. The van der Waals surface area contributed by atoms with Gasteiger partial charge in [0, 0.05) is 13.3 Å². The standard InChI is InChI=1S/C12H17N3O2/c1-16-8-9(2-5-13)15-12-10-4-7-17-11(10)3-6-14-12/h3-4,6-7,9H,2,5,8,13H2,1H3,(H,14,15). The molecule has 1 unspecified atom stereocenters. The summed E-state index contributed by atoms with van der Waals surface area (Å²) in [5.41, 5.74) is 6.40. The minimum atomic E-state index is 0.165. The molecule has 0 fully saturated rings. The maximum atomic E-state index is 5.57. The van der Waals surface area contributed by atoms with Crippen molar-refractivity contribution in [2.75, 3.05) is 25.6 Å². The number of hydrogen-bond donors (Lipinski definition) is 2. The van der Waals surface area contributed by atoms with Crippen LogP contribution in [-0.4, -0.2) is 31.3 Å². The number of pyridine rings is 1. The molecule has 0 aliphatic rings. The summed E-state index contributed by atoms with van der Waals surface area (Å²) in [7, 11) is 1.68. The van der Waals surface area contributed by atoms with Crippen molar-refractivity contribution in [1.29, 1.82) is 0 Å². The van der Waals surface area contributed by atoms with Crippen molar-refractivity contribution in [1.82, 2.24) is 4.98 Å². The third-order valence-electron chi connectivity index (χ3n) is 2.60. The Morgan fingerprint density at radius 2 is 2.41 bits per heavy atom. The normalized spacial score (nSPS) is 12.8. The highest BCUT2D eigenvalue weighted by molar-refractivity contribution is 5.87. The first-order valence-electron chi connectivity index (χ1n) is 5.63. The SMILES string of the molecule is COCC(CCN)Nc1nccc2occc12. The van der Waals surface area contributed by atoms with Crippen molar-refractivity contribution < 1.29 is 9.15 Å². The lowest BCUT2D eigenvalue weighted by Crippen LogP contribution is -2.28. The summed E-state index contributed by atoms with van der Waals surface area (Å²) >= 11 is 0.